The van der Waals surface area contributed by atoms with Crippen LogP contribution in [0, 0.1) is 5.92 Å². The predicted molar refractivity (Wildman–Crippen MR) is 107 cm³/mol. The van der Waals surface area contributed by atoms with Crippen molar-refractivity contribution in [3.8, 4) is 0 Å². The van der Waals surface area contributed by atoms with Crippen LogP contribution < -0.4 is 10.6 Å². The van der Waals surface area contributed by atoms with Crippen LogP contribution in [-0.2, 0) is 0 Å². The van der Waals surface area contributed by atoms with E-state index in [1.807, 2.05) is 24.3 Å². The standard InChI is InChI=1S/C22H28N2O2/c1-15(2)12-13-23-21(25)17-8-7-9-18(14-17)22(26)24-20-11-6-5-10-19(20)16(3)4/h5-11,14-16H,12-13H2,1-4H3,(H,23,25)(H,24,26). The van der Waals surface area contributed by atoms with E-state index in [1.165, 1.54) is 0 Å². The number of anilines is 1. The lowest BCUT2D eigenvalue weighted by Crippen LogP contribution is -2.25. The van der Waals surface area contributed by atoms with Crippen molar-refractivity contribution in [1.82, 2.24) is 5.32 Å². The van der Waals surface area contributed by atoms with Crippen molar-refractivity contribution in [2.24, 2.45) is 5.92 Å². The molecule has 26 heavy (non-hydrogen) atoms. The highest BCUT2D eigenvalue weighted by Crippen LogP contribution is 2.24. The second-order valence-electron chi connectivity index (χ2n) is 7.22. The molecule has 0 heterocycles. The third-order valence-corrected chi connectivity index (χ3v) is 4.23. The highest BCUT2D eigenvalue weighted by molar-refractivity contribution is 6.06. The first kappa shape index (κ1) is 19.7. The summed E-state index contributed by atoms with van der Waals surface area (Å²) in [5.74, 6) is 0.482. The van der Waals surface area contributed by atoms with Crippen LogP contribution in [0.15, 0.2) is 48.5 Å². The van der Waals surface area contributed by atoms with Crippen molar-refractivity contribution in [3.05, 3.63) is 65.2 Å². The molecule has 4 heteroatoms. The van der Waals surface area contributed by atoms with Crippen LogP contribution in [0.5, 0.6) is 0 Å². The molecular weight excluding hydrogens is 324 g/mol. The first-order chi connectivity index (χ1) is 12.4. The van der Waals surface area contributed by atoms with E-state index in [2.05, 4.69) is 38.3 Å². The summed E-state index contributed by atoms with van der Waals surface area (Å²) >= 11 is 0. The Morgan fingerprint density at radius 2 is 1.54 bits per heavy atom. The van der Waals surface area contributed by atoms with Crippen LogP contribution in [0.2, 0.25) is 0 Å². The van der Waals surface area contributed by atoms with Crippen molar-refractivity contribution < 1.29 is 9.59 Å². The molecule has 0 saturated heterocycles. The molecule has 138 valence electrons. The average molecular weight is 352 g/mol. The van der Waals surface area contributed by atoms with E-state index in [-0.39, 0.29) is 11.8 Å². The molecule has 0 unspecified atom stereocenters. The van der Waals surface area contributed by atoms with Gasteiger partial charge in [0.05, 0.1) is 0 Å². The lowest BCUT2D eigenvalue weighted by atomic mass is 10.0. The van der Waals surface area contributed by atoms with Crippen molar-refractivity contribution in [2.45, 2.75) is 40.0 Å². The minimum Gasteiger partial charge on any atom is -0.352 e. The highest BCUT2D eigenvalue weighted by Gasteiger charge is 2.13. The Kier molecular flexibility index (Phi) is 6.96. The smallest absolute Gasteiger partial charge is 0.255 e. The number of amides is 2. The molecule has 4 nitrogen and oxygen atoms in total. The van der Waals surface area contributed by atoms with E-state index in [0.29, 0.717) is 29.5 Å². The van der Waals surface area contributed by atoms with Crippen molar-refractivity contribution in [2.75, 3.05) is 11.9 Å². The molecule has 2 aromatic rings. The fourth-order valence-corrected chi connectivity index (χ4v) is 2.69. The van der Waals surface area contributed by atoms with Gasteiger partial charge in [-0.25, -0.2) is 0 Å². The van der Waals surface area contributed by atoms with Gasteiger partial charge in [-0.2, -0.15) is 0 Å². The maximum Gasteiger partial charge on any atom is 0.255 e. The van der Waals surface area contributed by atoms with Gasteiger partial charge in [-0.15, -0.1) is 0 Å². The van der Waals surface area contributed by atoms with Crippen LogP contribution in [0.25, 0.3) is 0 Å². The predicted octanol–water partition coefficient (Wildman–Crippen LogP) is 4.84. The van der Waals surface area contributed by atoms with E-state index in [1.54, 1.807) is 24.3 Å². The van der Waals surface area contributed by atoms with Crippen molar-refractivity contribution in [3.63, 3.8) is 0 Å². The van der Waals surface area contributed by atoms with Crippen LogP contribution in [0.1, 0.15) is 66.3 Å². The third-order valence-electron chi connectivity index (χ3n) is 4.23. The van der Waals surface area contributed by atoms with Gasteiger partial charge in [-0.05, 0) is 48.1 Å². The fourth-order valence-electron chi connectivity index (χ4n) is 2.69. The molecule has 2 aromatic carbocycles. The number of benzene rings is 2. The molecule has 0 aliphatic rings. The van der Waals surface area contributed by atoms with E-state index >= 15 is 0 Å². The quantitative estimate of drug-likeness (QED) is 0.749. The van der Waals surface area contributed by atoms with Crippen LogP contribution >= 0.6 is 0 Å². The Morgan fingerprint density at radius 1 is 0.885 bits per heavy atom. The number of hydrogen-bond acceptors (Lipinski definition) is 2. The molecular formula is C22H28N2O2. The lowest BCUT2D eigenvalue weighted by molar-refractivity contribution is 0.0952. The van der Waals surface area contributed by atoms with Gasteiger partial charge < -0.3 is 10.6 Å². The maximum absolute atomic E-state index is 12.6. The zero-order valence-corrected chi connectivity index (χ0v) is 16.0. The van der Waals surface area contributed by atoms with Crippen LogP contribution in [0.4, 0.5) is 5.69 Å². The number of hydrogen-bond donors (Lipinski definition) is 2. The van der Waals surface area contributed by atoms with Gasteiger partial charge in [0.1, 0.15) is 0 Å². The summed E-state index contributed by atoms with van der Waals surface area (Å²) in [5.41, 5.74) is 2.86. The molecule has 0 aliphatic carbocycles. The highest BCUT2D eigenvalue weighted by atomic mass is 16.2. The second-order valence-corrected chi connectivity index (χ2v) is 7.22. The number of carbonyl (C=O) groups excluding carboxylic acids is 2. The summed E-state index contributed by atoms with van der Waals surface area (Å²) < 4.78 is 0. The minimum atomic E-state index is -0.213. The van der Waals surface area contributed by atoms with Crippen LogP contribution in [-0.4, -0.2) is 18.4 Å². The van der Waals surface area contributed by atoms with Gasteiger partial charge in [-0.3, -0.25) is 9.59 Å². The largest absolute Gasteiger partial charge is 0.352 e. The third kappa shape index (κ3) is 5.45. The topological polar surface area (TPSA) is 58.2 Å². The Labute approximate surface area is 156 Å². The number of carbonyl (C=O) groups is 2. The molecule has 0 bridgehead atoms. The Morgan fingerprint density at radius 3 is 2.19 bits per heavy atom. The van der Waals surface area contributed by atoms with E-state index in [9.17, 15) is 9.59 Å². The summed E-state index contributed by atoms with van der Waals surface area (Å²) in [7, 11) is 0. The zero-order valence-electron chi connectivity index (χ0n) is 16.0. The molecule has 0 saturated carbocycles. The SMILES string of the molecule is CC(C)CCNC(=O)c1cccc(C(=O)Nc2ccccc2C(C)C)c1. The number of para-hydroxylation sites is 1. The van der Waals surface area contributed by atoms with Crippen molar-refractivity contribution >= 4 is 17.5 Å². The van der Waals surface area contributed by atoms with Gasteiger partial charge in [0.2, 0.25) is 0 Å². The number of rotatable bonds is 7. The minimum absolute atomic E-state index is 0.150. The molecule has 2 N–H and O–H groups in total. The fraction of sp³-hybridized carbons (Fsp3) is 0.364. The Bertz CT molecular complexity index is 766. The van der Waals surface area contributed by atoms with Crippen LogP contribution in [0.3, 0.4) is 0 Å². The van der Waals surface area contributed by atoms with E-state index < -0.39 is 0 Å². The van der Waals surface area contributed by atoms with Gasteiger partial charge in [0.15, 0.2) is 0 Å². The summed E-state index contributed by atoms with van der Waals surface area (Å²) in [6.07, 6.45) is 0.928. The van der Waals surface area contributed by atoms with Gasteiger partial charge in [0.25, 0.3) is 11.8 Å². The summed E-state index contributed by atoms with van der Waals surface area (Å²) in [6.45, 7) is 9.05. The molecule has 0 spiro atoms. The van der Waals surface area contributed by atoms with E-state index in [4.69, 9.17) is 0 Å². The summed E-state index contributed by atoms with van der Waals surface area (Å²) in [6, 6.07) is 14.6. The van der Waals surface area contributed by atoms with Gasteiger partial charge in [-0.1, -0.05) is 52.0 Å². The van der Waals surface area contributed by atoms with E-state index in [0.717, 1.165) is 17.7 Å². The van der Waals surface area contributed by atoms with Gasteiger partial charge >= 0.3 is 0 Å². The van der Waals surface area contributed by atoms with Gasteiger partial charge in [0, 0.05) is 23.4 Å². The second kappa shape index (κ2) is 9.18. The zero-order chi connectivity index (χ0) is 19.1. The number of nitrogens with one attached hydrogen (secondary N) is 2. The Hall–Kier alpha value is -2.62. The Balaban J connectivity index is 2.10. The first-order valence-corrected chi connectivity index (χ1v) is 9.17. The normalized spacial score (nSPS) is 10.8. The summed E-state index contributed by atoms with van der Waals surface area (Å²) in [5, 5.41) is 5.86. The summed E-state index contributed by atoms with van der Waals surface area (Å²) in [4.78, 5) is 24.9. The lowest BCUT2D eigenvalue weighted by Gasteiger charge is -2.14. The molecule has 2 amide bonds. The molecule has 0 radical (unpaired) electrons. The van der Waals surface area contributed by atoms with Crippen molar-refractivity contribution in [1.29, 1.82) is 0 Å². The molecule has 0 fully saturated rings. The average Bonchev–Trinajstić information content (AvgIpc) is 2.61. The molecule has 0 atom stereocenters. The first-order valence-electron chi connectivity index (χ1n) is 9.17. The molecule has 0 aromatic heterocycles. The maximum atomic E-state index is 12.6. The molecule has 0 aliphatic heterocycles. The monoisotopic (exact) mass is 352 g/mol. The molecule has 2 rings (SSSR count).